The fraction of sp³-hybridized carbons (Fsp3) is 1.00. The number of nitrogens with one attached hydrogen (secondary N) is 1. The average molecular weight is 257 g/mol. The average Bonchev–Trinajstić information content (AvgIpc) is 1.97. The van der Waals surface area contributed by atoms with E-state index in [0.717, 1.165) is 25.9 Å². The Morgan fingerprint density at radius 2 is 1.90 bits per heavy atom. The fourth-order valence-electron chi connectivity index (χ4n) is 0.730. The molecule has 0 amide bonds. The van der Waals surface area contributed by atoms with E-state index in [1.165, 1.54) is 10.8 Å². The number of hydrogen-bond donors (Lipinski definition) is 2. The van der Waals surface area contributed by atoms with Crippen LogP contribution in [0.15, 0.2) is 0 Å². The maximum Gasteiger partial charge on any atom is 0.0431 e. The number of hydrogen-bond acceptors (Lipinski definition) is 2. The SMILES string of the molecule is OCCCCCNCCI. The zero-order valence-corrected chi connectivity index (χ0v) is 8.43. The van der Waals surface area contributed by atoms with E-state index in [9.17, 15) is 0 Å². The summed E-state index contributed by atoms with van der Waals surface area (Å²) in [5, 5.41) is 11.8. The van der Waals surface area contributed by atoms with E-state index in [2.05, 4.69) is 27.9 Å². The van der Waals surface area contributed by atoms with Crippen molar-refractivity contribution in [2.75, 3.05) is 24.1 Å². The molecule has 0 aliphatic carbocycles. The maximum atomic E-state index is 8.45. The normalized spacial score (nSPS) is 10.2. The zero-order valence-electron chi connectivity index (χ0n) is 6.27. The molecule has 0 spiro atoms. The van der Waals surface area contributed by atoms with Gasteiger partial charge in [-0.3, -0.25) is 0 Å². The third-order valence-corrected chi connectivity index (χ3v) is 1.82. The number of halogens is 1. The Morgan fingerprint density at radius 3 is 2.50 bits per heavy atom. The van der Waals surface area contributed by atoms with E-state index >= 15 is 0 Å². The Morgan fingerprint density at radius 1 is 1.10 bits per heavy atom. The second-order valence-corrected chi connectivity index (χ2v) is 3.30. The van der Waals surface area contributed by atoms with Crippen molar-refractivity contribution >= 4 is 22.6 Å². The van der Waals surface area contributed by atoms with Gasteiger partial charge >= 0.3 is 0 Å². The molecule has 0 bridgehead atoms. The molecule has 0 aliphatic heterocycles. The molecule has 0 heterocycles. The van der Waals surface area contributed by atoms with Crippen LogP contribution in [0.25, 0.3) is 0 Å². The van der Waals surface area contributed by atoms with Gasteiger partial charge in [0.15, 0.2) is 0 Å². The summed E-state index contributed by atoms with van der Waals surface area (Å²) >= 11 is 2.35. The zero-order chi connectivity index (χ0) is 7.66. The number of alkyl halides is 1. The first kappa shape index (κ1) is 10.7. The van der Waals surface area contributed by atoms with Crippen LogP contribution in [0.4, 0.5) is 0 Å². The van der Waals surface area contributed by atoms with Gasteiger partial charge in [0.05, 0.1) is 0 Å². The third-order valence-electron chi connectivity index (χ3n) is 1.28. The Hall–Kier alpha value is 0.650. The van der Waals surface area contributed by atoms with Crippen LogP contribution >= 0.6 is 22.6 Å². The minimum atomic E-state index is 0.340. The predicted molar refractivity (Wildman–Crippen MR) is 52.7 cm³/mol. The highest BCUT2D eigenvalue weighted by molar-refractivity contribution is 14.1. The van der Waals surface area contributed by atoms with Crippen molar-refractivity contribution in [1.29, 1.82) is 0 Å². The van der Waals surface area contributed by atoms with Crippen molar-refractivity contribution in [2.45, 2.75) is 19.3 Å². The van der Waals surface area contributed by atoms with Crippen molar-refractivity contribution in [3.63, 3.8) is 0 Å². The molecule has 0 radical (unpaired) electrons. The first-order valence-electron chi connectivity index (χ1n) is 3.79. The van der Waals surface area contributed by atoms with E-state index < -0.39 is 0 Å². The summed E-state index contributed by atoms with van der Waals surface area (Å²) < 4.78 is 1.18. The van der Waals surface area contributed by atoms with Gasteiger partial charge in [0.25, 0.3) is 0 Å². The highest BCUT2D eigenvalue weighted by Crippen LogP contribution is 1.91. The largest absolute Gasteiger partial charge is 0.396 e. The molecule has 0 aromatic rings. The van der Waals surface area contributed by atoms with Gasteiger partial charge in [-0.2, -0.15) is 0 Å². The van der Waals surface area contributed by atoms with Crippen molar-refractivity contribution in [3.05, 3.63) is 0 Å². The molecule has 0 saturated heterocycles. The lowest BCUT2D eigenvalue weighted by atomic mass is 10.2. The summed E-state index contributed by atoms with van der Waals surface area (Å²) in [7, 11) is 0. The van der Waals surface area contributed by atoms with Gasteiger partial charge in [-0.25, -0.2) is 0 Å². The number of unbranched alkanes of at least 4 members (excludes halogenated alkanes) is 2. The van der Waals surface area contributed by atoms with Crippen LogP contribution < -0.4 is 5.32 Å². The second-order valence-electron chi connectivity index (χ2n) is 2.22. The minimum absolute atomic E-state index is 0.340. The molecule has 0 aliphatic rings. The van der Waals surface area contributed by atoms with Crippen LogP contribution in [0, 0.1) is 0 Å². The molecule has 0 atom stereocenters. The number of rotatable bonds is 7. The van der Waals surface area contributed by atoms with Gasteiger partial charge in [0.1, 0.15) is 0 Å². The standard InChI is InChI=1S/C7H16INO/c8-4-6-9-5-2-1-3-7-10/h9-10H,1-7H2. The van der Waals surface area contributed by atoms with Gasteiger partial charge in [0, 0.05) is 17.6 Å². The molecule has 0 aromatic carbocycles. The Bertz CT molecular complexity index is 53.6. The molecule has 0 unspecified atom stereocenters. The van der Waals surface area contributed by atoms with E-state index in [-0.39, 0.29) is 0 Å². The lowest BCUT2D eigenvalue weighted by Crippen LogP contribution is -2.17. The summed E-state index contributed by atoms with van der Waals surface area (Å²) in [6.07, 6.45) is 3.29. The molecule has 0 saturated carbocycles. The van der Waals surface area contributed by atoms with Crippen LogP contribution in [0.3, 0.4) is 0 Å². The first-order valence-corrected chi connectivity index (χ1v) is 5.32. The molecule has 0 fully saturated rings. The summed E-state index contributed by atoms with van der Waals surface area (Å²) in [5.41, 5.74) is 0. The Labute approximate surface area is 76.5 Å². The minimum Gasteiger partial charge on any atom is -0.396 e. The van der Waals surface area contributed by atoms with Crippen molar-refractivity contribution in [3.8, 4) is 0 Å². The summed E-state index contributed by atoms with van der Waals surface area (Å²) in [6.45, 7) is 2.55. The van der Waals surface area contributed by atoms with Crippen molar-refractivity contribution in [2.24, 2.45) is 0 Å². The monoisotopic (exact) mass is 257 g/mol. The summed E-state index contributed by atoms with van der Waals surface area (Å²) in [5.74, 6) is 0. The molecule has 2 N–H and O–H groups in total. The third kappa shape index (κ3) is 8.65. The van der Waals surface area contributed by atoms with E-state index in [1.54, 1.807) is 0 Å². The summed E-state index contributed by atoms with van der Waals surface area (Å²) in [4.78, 5) is 0. The summed E-state index contributed by atoms with van der Waals surface area (Å²) in [6, 6.07) is 0. The van der Waals surface area contributed by atoms with Gasteiger partial charge < -0.3 is 10.4 Å². The van der Waals surface area contributed by atoms with E-state index in [4.69, 9.17) is 5.11 Å². The first-order chi connectivity index (χ1) is 4.91. The van der Waals surface area contributed by atoms with Crippen LogP contribution in [0.5, 0.6) is 0 Å². The van der Waals surface area contributed by atoms with Crippen molar-refractivity contribution < 1.29 is 5.11 Å². The second kappa shape index (κ2) is 9.65. The number of aliphatic hydroxyl groups excluding tert-OH is 1. The van der Waals surface area contributed by atoms with Gasteiger partial charge in [-0.1, -0.05) is 22.6 Å². The quantitative estimate of drug-likeness (QED) is 0.407. The number of aliphatic hydroxyl groups is 1. The molecular weight excluding hydrogens is 241 g/mol. The molecule has 0 aromatic heterocycles. The lowest BCUT2D eigenvalue weighted by Gasteiger charge is -2.00. The van der Waals surface area contributed by atoms with Crippen LogP contribution in [0.2, 0.25) is 0 Å². The lowest BCUT2D eigenvalue weighted by molar-refractivity contribution is 0.283. The molecule has 3 heteroatoms. The van der Waals surface area contributed by atoms with Gasteiger partial charge in [-0.15, -0.1) is 0 Å². The van der Waals surface area contributed by atoms with E-state index in [1.807, 2.05) is 0 Å². The van der Waals surface area contributed by atoms with Gasteiger partial charge in [0.2, 0.25) is 0 Å². The predicted octanol–water partition coefficient (Wildman–Crippen LogP) is 1.17. The van der Waals surface area contributed by atoms with Crippen molar-refractivity contribution in [1.82, 2.24) is 5.32 Å². The Balaban J connectivity index is 2.65. The molecule has 62 valence electrons. The highest BCUT2D eigenvalue weighted by atomic mass is 127. The van der Waals surface area contributed by atoms with Crippen LogP contribution in [-0.2, 0) is 0 Å². The van der Waals surface area contributed by atoms with E-state index in [0.29, 0.717) is 6.61 Å². The molecule has 0 rings (SSSR count). The van der Waals surface area contributed by atoms with Crippen LogP contribution in [-0.4, -0.2) is 29.2 Å². The maximum absolute atomic E-state index is 8.45. The van der Waals surface area contributed by atoms with Gasteiger partial charge in [-0.05, 0) is 25.8 Å². The highest BCUT2D eigenvalue weighted by Gasteiger charge is 1.86. The van der Waals surface area contributed by atoms with Crippen LogP contribution in [0.1, 0.15) is 19.3 Å². The molecular formula is C7H16INO. The molecule has 2 nitrogen and oxygen atoms in total. The molecule has 10 heavy (non-hydrogen) atoms. The fourth-order valence-corrected chi connectivity index (χ4v) is 1.11. The Kier molecular flexibility index (Phi) is 10.3. The smallest absolute Gasteiger partial charge is 0.0431 e. The topological polar surface area (TPSA) is 32.3 Å².